The van der Waals surface area contributed by atoms with Gasteiger partial charge in [-0.15, -0.1) is 0 Å². The van der Waals surface area contributed by atoms with Crippen molar-refractivity contribution in [1.29, 1.82) is 0 Å². The molecule has 0 radical (unpaired) electrons. The number of aromatic nitrogens is 1. The number of nitrogens with zero attached hydrogens (tertiary/aromatic N) is 1. The van der Waals surface area contributed by atoms with Gasteiger partial charge in [-0.25, -0.2) is 13.1 Å². The van der Waals surface area contributed by atoms with Crippen molar-refractivity contribution in [2.45, 2.75) is 37.2 Å². The van der Waals surface area contributed by atoms with Crippen LogP contribution in [0, 0.1) is 6.92 Å². The number of para-hydroxylation sites is 1. The minimum absolute atomic E-state index is 0.177. The van der Waals surface area contributed by atoms with Crippen LogP contribution >= 0.6 is 0 Å². The maximum Gasteiger partial charge on any atom is 0.242 e. The maximum absolute atomic E-state index is 12.5. The van der Waals surface area contributed by atoms with Crippen LogP contribution in [0.2, 0.25) is 0 Å². The van der Waals surface area contributed by atoms with Gasteiger partial charge in [0, 0.05) is 24.7 Å². The van der Waals surface area contributed by atoms with Crippen LogP contribution in [0.3, 0.4) is 0 Å². The van der Waals surface area contributed by atoms with Crippen LogP contribution in [-0.4, -0.2) is 32.7 Å². The van der Waals surface area contributed by atoms with Gasteiger partial charge in [0.15, 0.2) is 0 Å². The lowest BCUT2D eigenvalue weighted by Gasteiger charge is -2.12. The first kappa shape index (κ1) is 15.4. The Morgan fingerprint density at radius 3 is 3.05 bits per heavy atom. The molecule has 3 rings (SSSR count). The van der Waals surface area contributed by atoms with Gasteiger partial charge in [-0.1, -0.05) is 12.1 Å². The van der Waals surface area contributed by atoms with Crippen LogP contribution in [0.4, 0.5) is 0 Å². The van der Waals surface area contributed by atoms with Crippen LogP contribution < -0.4 is 4.72 Å². The smallest absolute Gasteiger partial charge is 0.242 e. The molecule has 2 aromatic rings. The van der Waals surface area contributed by atoms with E-state index in [1.807, 2.05) is 19.1 Å². The molecular formula is C16H20N2O3S. The monoisotopic (exact) mass is 320 g/mol. The van der Waals surface area contributed by atoms with E-state index in [0.29, 0.717) is 18.5 Å². The van der Waals surface area contributed by atoms with Crippen LogP contribution in [-0.2, 0) is 14.8 Å². The van der Waals surface area contributed by atoms with E-state index in [4.69, 9.17) is 4.74 Å². The van der Waals surface area contributed by atoms with Crippen molar-refractivity contribution in [3.8, 4) is 0 Å². The predicted octanol–water partition coefficient (Wildman–Crippen LogP) is 2.39. The summed E-state index contributed by atoms with van der Waals surface area (Å²) in [4.78, 5) is 4.52. The zero-order valence-electron chi connectivity index (χ0n) is 12.6. The molecular weight excluding hydrogens is 300 g/mol. The van der Waals surface area contributed by atoms with Crippen molar-refractivity contribution in [3.63, 3.8) is 0 Å². The zero-order chi connectivity index (χ0) is 15.6. The van der Waals surface area contributed by atoms with Crippen molar-refractivity contribution >= 4 is 20.9 Å². The second kappa shape index (κ2) is 6.32. The molecule has 0 aliphatic carbocycles. The van der Waals surface area contributed by atoms with E-state index in [-0.39, 0.29) is 11.0 Å². The van der Waals surface area contributed by atoms with Gasteiger partial charge in [-0.05, 0) is 43.9 Å². The normalized spacial score (nSPS) is 18.9. The Morgan fingerprint density at radius 1 is 1.41 bits per heavy atom. The summed E-state index contributed by atoms with van der Waals surface area (Å²) >= 11 is 0. The summed E-state index contributed by atoms with van der Waals surface area (Å²) in [7, 11) is -3.56. The molecule has 2 heterocycles. The predicted molar refractivity (Wildman–Crippen MR) is 85.3 cm³/mol. The molecule has 0 bridgehead atoms. The number of nitrogens with one attached hydrogen (secondary N) is 1. The third-order valence-electron chi connectivity index (χ3n) is 3.88. The summed E-state index contributed by atoms with van der Waals surface area (Å²) in [6.45, 7) is 3.10. The van der Waals surface area contributed by atoms with Gasteiger partial charge in [-0.2, -0.15) is 0 Å². The van der Waals surface area contributed by atoms with Crippen LogP contribution in [0.5, 0.6) is 0 Å². The summed E-state index contributed by atoms with van der Waals surface area (Å²) in [6.07, 6.45) is 4.64. The van der Waals surface area contributed by atoms with Gasteiger partial charge < -0.3 is 4.74 Å². The first-order valence-electron chi connectivity index (χ1n) is 7.53. The first-order valence-corrected chi connectivity index (χ1v) is 9.01. The average molecular weight is 320 g/mol. The number of hydrogen-bond donors (Lipinski definition) is 1. The van der Waals surface area contributed by atoms with Crippen molar-refractivity contribution in [2.75, 3.05) is 13.2 Å². The Bertz CT molecular complexity index is 768. The summed E-state index contributed by atoms with van der Waals surface area (Å²) in [5, 5.41) is 0.835. The molecule has 1 fully saturated rings. The zero-order valence-corrected chi connectivity index (χ0v) is 13.4. The van der Waals surface area contributed by atoms with E-state index in [1.54, 1.807) is 18.3 Å². The number of benzene rings is 1. The molecule has 1 N–H and O–H groups in total. The SMILES string of the molecule is Cc1cnc2c(S(=O)(=O)NCC[C@@H]3CCCO3)cccc2c1. The molecule has 1 atom stereocenters. The minimum atomic E-state index is -3.56. The highest BCUT2D eigenvalue weighted by molar-refractivity contribution is 7.89. The van der Waals surface area contributed by atoms with Crippen LogP contribution in [0.25, 0.3) is 10.9 Å². The summed E-state index contributed by atoms with van der Waals surface area (Å²) in [5.41, 5.74) is 1.52. The fourth-order valence-electron chi connectivity index (χ4n) is 2.76. The van der Waals surface area contributed by atoms with Gasteiger partial charge in [0.1, 0.15) is 4.90 Å². The Morgan fingerprint density at radius 2 is 2.27 bits per heavy atom. The molecule has 118 valence electrons. The maximum atomic E-state index is 12.5. The Balaban J connectivity index is 1.79. The molecule has 1 aliphatic heterocycles. The van der Waals surface area contributed by atoms with Crippen molar-refractivity contribution in [1.82, 2.24) is 9.71 Å². The lowest BCUT2D eigenvalue weighted by Crippen LogP contribution is -2.27. The molecule has 1 aromatic heterocycles. The van der Waals surface area contributed by atoms with Crippen molar-refractivity contribution in [3.05, 3.63) is 36.0 Å². The van der Waals surface area contributed by atoms with E-state index in [0.717, 1.165) is 30.4 Å². The number of aryl methyl sites for hydroxylation is 1. The highest BCUT2D eigenvalue weighted by atomic mass is 32.2. The van der Waals surface area contributed by atoms with E-state index < -0.39 is 10.0 Å². The number of fused-ring (bicyclic) bond motifs is 1. The molecule has 1 aliphatic rings. The summed E-state index contributed by atoms with van der Waals surface area (Å²) in [6, 6.07) is 7.16. The number of sulfonamides is 1. The van der Waals surface area contributed by atoms with E-state index in [1.165, 1.54) is 0 Å². The topological polar surface area (TPSA) is 68.3 Å². The quantitative estimate of drug-likeness (QED) is 0.918. The van der Waals surface area contributed by atoms with Gasteiger partial charge >= 0.3 is 0 Å². The Labute approximate surface area is 130 Å². The highest BCUT2D eigenvalue weighted by Gasteiger charge is 2.20. The van der Waals surface area contributed by atoms with Crippen molar-refractivity contribution < 1.29 is 13.2 Å². The van der Waals surface area contributed by atoms with Crippen LogP contribution in [0.15, 0.2) is 35.4 Å². The molecule has 22 heavy (non-hydrogen) atoms. The molecule has 1 saturated heterocycles. The molecule has 0 spiro atoms. The standard InChI is InChI=1S/C16H20N2O3S/c1-12-10-13-4-2-6-15(16(13)17-11-12)22(19,20)18-8-7-14-5-3-9-21-14/h2,4,6,10-11,14,18H,3,5,7-9H2,1H3/t14-/m0/s1. The van der Waals surface area contributed by atoms with E-state index >= 15 is 0 Å². The molecule has 6 heteroatoms. The summed E-state index contributed by atoms with van der Waals surface area (Å²) < 4.78 is 33.2. The van der Waals surface area contributed by atoms with Gasteiger partial charge in [0.25, 0.3) is 0 Å². The number of pyridine rings is 1. The third kappa shape index (κ3) is 3.29. The van der Waals surface area contributed by atoms with Crippen LogP contribution in [0.1, 0.15) is 24.8 Å². The average Bonchev–Trinajstić information content (AvgIpc) is 2.99. The second-order valence-corrected chi connectivity index (χ2v) is 7.40. The number of rotatable bonds is 5. The lowest BCUT2D eigenvalue weighted by molar-refractivity contribution is 0.105. The Kier molecular flexibility index (Phi) is 4.42. The number of ether oxygens (including phenoxy) is 1. The highest BCUT2D eigenvalue weighted by Crippen LogP contribution is 2.22. The second-order valence-electron chi connectivity index (χ2n) is 5.66. The molecule has 0 unspecified atom stereocenters. The summed E-state index contributed by atoms with van der Waals surface area (Å²) in [5.74, 6) is 0. The number of hydrogen-bond acceptors (Lipinski definition) is 4. The fraction of sp³-hybridized carbons (Fsp3) is 0.438. The molecule has 0 amide bonds. The van der Waals surface area contributed by atoms with Gasteiger partial charge in [-0.3, -0.25) is 4.98 Å². The largest absolute Gasteiger partial charge is 0.378 e. The lowest BCUT2D eigenvalue weighted by atomic mass is 10.2. The third-order valence-corrected chi connectivity index (χ3v) is 5.38. The van der Waals surface area contributed by atoms with E-state index in [9.17, 15) is 8.42 Å². The van der Waals surface area contributed by atoms with Gasteiger partial charge in [0.2, 0.25) is 10.0 Å². The van der Waals surface area contributed by atoms with E-state index in [2.05, 4.69) is 9.71 Å². The van der Waals surface area contributed by atoms with Crippen molar-refractivity contribution in [2.24, 2.45) is 0 Å². The molecule has 1 aromatic carbocycles. The minimum Gasteiger partial charge on any atom is -0.378 e. The molecule has 5 nitrogen and oxygen atoms in total. The molecule has 0 saturated carbocycles. The van der Waals surface area contributed by atoms with Gasteiger partial charge in [0.05, 0.1) is 11.6 Å². The Hall–Kier alpha value is -1.50. The first-order chi connectivity index (χ1) is 10.6. The fourth-order valence-corrected chi connectivity index (χ4v) is 3.99.